The Morgan fingerprint density at radius 2 is 1.90 bits per heavy atom. The molecule has 1 fully saturated rings. The van der Waals surface area contributed by atoms with Crippen LogP contribution in [-0.2, 0) is 11.2 Å². The first-order valence-corrected chi connectivity index (χ1v) is 12.8. The molecule has 1 aromatic carbocycles. The number of hydrogen-bond acceptors (Lipinski definition) is 2. The van der Waals surface area contributed by atoms with Crippen LogP contribution in [0.25, 0.3) is 5.57 Å². The molecule has 0 amide bonds. The lowest BCUT2D eigenvalue weighted by Crippen LogP contribution is -2.42. The van der Waals surface area contributed by atoms with Crippen LogP contribution in [0, 0.1) is 17.3 Å². The zero-order chi connectivity index (χ0) is 21.8. The summed E-state index contributed by atoms with van der Waals surface area (Å²) in [6, 6.07) is 6.88. The molecular weight excluding hydrogens is 380 g/mol. The van der Waals surface area contributed by atoms with Gasteiger partial charge in [-0.25, -0.2) is 0 Å². The molecule has 4 rings (SSSR count). The molecule has 0 heterocycles. The molecule has 3 aliphatic rings. The first-order valence-electron chi connectivity index (χ1n) is 12.8. The molecule has 2 unspecified atom stereocenters. The van der Waals surface area contributed by atoms with Gasteiger partial charge in [-0.15, -0.1) is 6.58 Å². The summed E-state index contributed by atoms with van der Waals surface area (Å²) < 4.78 is 12.5. The quantitative estimate of drug-likeness (QED) is 0.283. The molecule has 0 saturated heterocycles. The van der Waals surface area contributed by atoms with Crippen molar-refractivity contribution < 1.29 is 9.47 Å². The van der Waals surface area contributed by atoms with Crippen molar-refractivity contribution in [2.45, 2.75) is 91.1 Å². The van der Waals surface area contributed by atoms with Crippen molar-refractivity contribution in [1.29, 1.82) is 0 Å². The Balaban J connectivity index is 1.64. The fraction of sp³-hybridized carbons (Fsp3) is 0.655. The summed E-state index contributed by atoms with van der Waals surface area (Å²) in [6.07, 6.45) is 14.4. The third-order valence-electron chi connectivity index (χ3n) is 8.22. The Morgan fingerprint density at radius 3 is 2.68 bits per heavy atom. The number of rotatable bonds is 10. The Labute approximate surface area is 190 Å². The van der Waals surface area contributed by atoms with Crippen LogP contribution in [0.15, 0.2) is 36.4 Å². The fourth-order valence-electron chi connectivity index (χ4n) is 6.66. The van der Waals surface area contributed by atoms with Gasteiger partial charge < -0.3 is 9.47 Å². The monoisotopic (exact) mass is 422 g/mol. The van der Waals surface area contributed by atoms with Gasteiger partial charge in [-0.05, 0) is 92.0 Å². The molecule has 0 spiro atoms. The number of allylic oxidation sites excluding steroid dienone is 3. The third kappa shape index (κ3) is 4.38. The molecule has 3 aliphatic carbocycles. The van der Waals surface area contributed by atoms with Crippen LogP contribution in [0.1, 0.15) is 89.7 Å². The predicted octanol–water partition coefficient (Wildman–Crippen LogP) is 7.76. The molecule has 0 aliphatic heterocycles. The van der Waals surface area contributed by atoms with E-state index in [1.807, 2.05) is 0 Å². The molecule has 1 aromatic rings. The van der Waals surface area contributed by atoms with Gasteiger partial charge in [0.05, 0.1) is 12.7 Å². The highest BCUT2D eigenvalue weighted by Crippen LogP contribution is 2.61. The van der Waals surface area contributed by atoms with Crippen molar-refractivity contribution in [2.24, 2.45) is 17.3 Å². The number of fused-ring (bicyclic) bond motifs is 5. The van der Waals surface area contributed by atoms with Crippen LogP contribution < -0.4 is 4.74 Å². The first-order chi connectivity index (χ1) is 15.1. The summed E-state index contributed by atoms with van der Waals surface area (Å²) in [4.78, 5) is 0. The van der Waals surface area contributed by atoms with Crippen LogP contribution in [0.5, 0.6) is 5.75 Å². The van der Waals surface area contributed by atoms with Crippen molar-refractivity contribution in [1.82, 2.24) is 0 Å². The zero-order valence-corrected chi connectivity index (χ0v) is 20.1. The third-order valence-corrected chi connectivity index (χ3v) is 8.22. The van der Waals surface area contributed by atoms with Crippen molar-refractivity contribution in [2.75, 3.05) is 13.2 Å². The fourth-order valence-corrected chi connectivity index (χ4v) is 6.66. The Bertz CT molecular complexity index is 807. The van der Waals surface area contributed by atoms with E-state index in [1.54, 1.807) is 11.1 Å². The minimum Gasteiger partial charge on any atom is -0.494 e. The minimum atomic E-state index is 0.279. The molecule has 0 radical (unpaired) electrons. The summed E-state index contributed by atoms with van der Waals surface area (Å²) in [5, 5.41) is 0. The summed E-state index contributed by atoms with van der Waals surface area (Å²) in [5.74, 6) is 2.46. The lowest BCUT2D eigenvalue weighted by atomic mass is 9.57. The van der Waals surface area contributed by atoms with Crippen LogP contribution in [0.3, 0.4) is 0 Å². The lowest BCUT2D eigenvalue weighted by molar-refractivity contribution is -0.0387. The van der Waals surface area contributed by atoms with Gasteiger partial charge in [-0.2, -0.15) is 0 Å². The van der Waals surface area contributed by atoms with E-state index in [9.17, 15) is 0 Å². The van der Waals surface area contributed by atoms with Gasteiger partial charge in [0.15, 0.2) is 0 Å². The highest BCUT2D eigenvalue weighted by Gasteiger charge is 2.54. The zero-order valence-electron chi connectivity index (χ0n) is 20.1. The number of hydrogen-bond donors (Lipinski definition) is 0. The maximum atomic E-state index is 6.49. The van der Waals surface area contributed by atoms with Crippen LogP contribution >= 0.6 is 0 Å². The van der Waals surface area contributed by atoms with Crippen LogP contribution in [0.4, 0.5) is 0 Å². The lowest BCUT2D eigenvalue weighted by Gasteiger charge is -2.48. The minimum absolute atomic E-state index is 0.279. The molecule has 1 saturated carbocycles. The SMILES string of the molecule is C=CCC1=C2c3ccc(OCCCC)cc3CCC2C2CC[C@H](OCCCC)[C@@]2(C)C1. The standard InChI is InChI=1S/C29H42O2/c1-5-8-17-30-23-12-14-24-21(19-23)11-13-25-26-15-16-27(31-18-9-6-2)29(26,4)20-22(10-7-3)28(24)25/h7,12,14,19,25-27H,3,5-6,8-11,13,15-18,20H2,1-2,4H3/t25?,26?,27-,29-/m0/s1. The second-order valence-corrected chi connectivity index (χ2v) is 10.3. The summed E-state index contributed by atoms with van der Waals surface area (Å²) >= 11 is 0. The highest BCUT2D eigenvalue weighted by molar-refractivity contribution is 5.76. The molecule has 31 heavy (non-hydrogen) atoms. The maximum Gasteiger partial charge on any atom is 0.119 e. The molecule has 0 bridgehead atoms. The summed E-state index contributed by atoms with van der Waals surface area (Å²) in [6.45, 7) is 12.8. The van der Waals surface area contributed by atoms with E-state index in [0.29, 0.717) is 12.0 Å². The van der Waals surface area contributed by atoms with E-state index in [2.05, 4.69) is 51.6 Å². The van der Waals surface area contributed by atoms with Gasteiger partial charge >= 0.3 is 0 Å². The molecule has 0 N–H and O–H groups in total. The van der Waals surface area contributed by atoms with E-state index in [0.717, 1.165) is 37.7 Å². The van der Waals surface area contributed by atoms with E-state index >= 15 is 0 Å². The van der Waals surface area contributed by atoms with Crippen LogP contribution in [0.2, 0.25) is 0 Å². The molecule has 170 valence electrons. The predicted molar refractivity (Wildman–Crippen MR) is 130 cm³/mol. The van der Waals surface area contributed by atoms with Gasteiger partial charge in [0.2, 0.25) is 0 Å². The largest absolute Gasteiger partial charge is 0.494 e. The first kappa shape index (κ1) is 22.6. The summed E-state index contributed by atoms with van der Waals surface area (Å²) in [7, 11) is 0. The number of aryl methyl sites for hydroxylation is 1. The Morgan fingerprint density at radius 1 is 1.10 bits per heavy atom. The van der Waals surface area contributed by atoms with Gasteiger partial charge in [-0.3, -0.25) is 0 Å². The van der Waals surface area contributed by atoms with E-state index in [1.165, 1.54) is 62.5 Å². The number of ether oxygens (including phenoxy) is 2. The van der Waals surface area contributed by atoms with Crippen molar-refractivity contribution >= 4 is 5.57 Å². The van der Waals surface area contributed by atoms with Gasteiger partial charge in [0, 0.05) is 12.0 Å². The van der Waals surface area contributed by atoms with E-state index in [4.69, 9.17) is 9.47 Å². The Hall–Kier alpha value is -1.54. The molecular formula is C29H42O2. The number of unbranched alkanes of at least 4 members (excludes halogenated alkanes) is 2. The average molecular weight is 423 g/mol. The van der Waals surface area contributed by atoms with Crippen molar-refractivity contribution in [3.8, 4) is 5.75 Å². The Kier molecular flexibility index (Phi) is 7.26. The molecule has 4 atom stereocenters. The second-order valence-electron chi connectivity index (χ2n) is 10.3. The molecule has 0 aromatic heterocycles. The summed E-state index contributed by atoms with van der Waals surface area (Å²) in [5.41, 5.74) is 6.52. The van der Waals surface area contributed by atoms with Crippen molar-refractivity contribution in [3.05, 3.63) is 47.6 Å². The smallest absolute Gasteiger partial charge is 0.119 e. The average Bonchev–Trinajstić information content (AvgIpc) is 3.10. The van der Waals surface area contributed by atoms with E-state index < -0.39 is 0 Å². The molecule has 2 nitrogen and oxygen atoms in total. The normalized spacial score (nSPS) is 29.3. The van der Waals surface area contributed by atoms with E-state index in [-0.39, 0.29) is 5.41 Å². The maximum absolute atomic E-state index is 6.49. The van der Waals surface area contributed by atoms with Gasteiger partial charge in [0.25, 0.3) is 0 Å². The topological polar surface area (TPSA) is 18.5 Å². The number of benzene rings is 1. The second kappa shape index (κ2) is 9.94. The van der Waals surface area contributed by atoms with Crippen molar-refractivity contribution in [3.63, 3.8) is 0 Å². The highest BCUT2D eigenvalue weighted by atomic mass is 16.5. The molecule has 2 heteroatoms. The van der Waals surface area contributed by atoms with Crippen LogP contribution in [-0.4, -0.2) is 19.3 Å². The van der Waals surface area contributed by atoms with Gasteiger partial charge in [0.1, 0.15) is 5.75 Å². The van der Waals surface area contributed by atoms with Gasteiger partial charge in [-0.1, -0.05) is 51.3 Å².